The maximum atomic E-state index is 11.9. The van der Waals surface area contributed by atoms with E-state index in [0.29, 0.717) is 26.4 Å². The van der Waals surface area contributed by atoms with E-state index in [1.165, 1.54) is 11.3 Å². The molecule has 0 saturated heterocycles. The molecule has 2 aromatic heterocycles. The molecule has 20 heavy (non-hydrogen) atoms. The molecular formula is C12H7Cl2N3O2S. The predicted octanol–water partition coefficient (Wildman–Crippen LogP) is 4.15. The van der Waals surface area contributed by atoms with Crippen LogP contribution in [0.25, 0.3) is 10.2 Å². The number of nitrogens with one attached hydrogen (secondary N) is 1. The number of aromatic nitrogens is 2. The molecule has 3 aromatic rings. The molecule has 0 aliphatic heterocycles. The van der Waals surface area contributed by atoms with Gasteiger partial charge in [-0.3, -0.25) is 10.1 Å². The Kier molecular flexibility index (Phi) is 3.37. The number of aryl methyl sites for hydroxylation is 1. The zero-order valence-electron chi connectivity index (χ0n) is 10.1. The summed E-state index contributed by atoms with van der Waals surface area (Å²) in [5.74, 6) is -0.280. The number of halogens is 2. The number of carbonyl (C=O) groups excluding carboxylic acids is 1. The van der Waals surface area contributed by atoms with Gasteiger partial charge in [0.2, 0.25) is 5.76 Å². The summed E-state index contributed by atoms with van der Waals surface area (Å²) in [5, 5.41) is 7.51. The van der Waals surface area contributed by atoms with Crippen LogP contribution in [-0.4, -0.2) is 16.0 Å². The molecule has 0 unspecified atom stereocenters. The summed E-state index contributed by atoms with van der Waals surface area (Å²) in [6.07, 6.45) is 0. The van der Waals surface area contributed by atoms with Crippen molar-refractivity contribution in [2.75, 3.05) is 5.32 Å². The molecule has 0 fully saturated rings. The Bertz CT molecular complexity index is 812. The fraction of sp³-hybridized carbons (Fsp3) is 0.0833. The van der Waals surface area contributed by atoms with Crippen molar-refractivity contribution < 1.29 is 9.32 Å². The summed E-state index contributed by atoms with van der Waals surface area (Å²) < 4.78 is 5.72. The lowest BCUT2D eigenvalue weighted by atomic mass is 10.3. The van der Waals surface area contributed by atoms with Gasteiger partial charge >= 0.3 is 0 Å². The highest BCUT2D eigenvalue weighted by Crippen LogP contribution is 2.35. The van der Waals surface area contributed by atoms with Gasteiger partial charge in [0.1, 0.15) is 5.52 Å². The van der Waals surface area contributed by atoms with Crippen LogP contribution in [0.1, 0.15) is 16.2 Å². The lowest BCUT2D eigenvalue weighted by molar-refractivity contribution is 0.0988. The summed E-state index contributed by atoms with van der Waals surface area (Å²) in [4.78, 5) is 16.2. The first-order valence-corrected chi connectivity index (χ1v) is 7.11. The molecule has 0 saturated carbocycles. The number of hydrogen-bond donors (Lipinski definition) is 1. The molecule has 5 nitrogen and oxygen atoms in total. The third-order valence-electron chi connectivity index (χ3n) is 2.52. The number of hydrogen-bond acceptors (Lipinski definition) is 5. The van der Waals surface area contributed by atoms with Crippen molar-refractivity contribution in [3.63, 3.8) is 0 Å². The molecule has 1 N–H and O–H groups in total. The van der Waals surface area contributed by atoms with Gasteiger partial charge in [-0.15, -0.1) is 0 Å². The molecule has 8 heteroatoms. The fourth-order valence-electron chi connectivity index (χ4n) is 1.62. The number of amides is 1. The Morgan fingerprint density at radius 2 is 2.20 bits per heavy atom. The molecule has 0 atom stereocenters. The highest BCUT2D eigenvalue weighted by molar-refractivity contribution is 7.22. The Hall–Kier alpha value is -1.63. The fourth-order valence-corrected chi connectivity index (χ4v) is 2.91. The van der Waals surface area contributed by atoms with E-state index in [-0.39, 0.29) is 5.76 Å². The van der Waals surface area contributed by atoms with Crippen molar-refractivity contribution in [2.45, 2.75) is 6.92 Å². The lowest BCUT2D eigenvalue weighted by Crippen LogP contribution is -2.10. The molecule has 0 aliphatic carbocycles. The number of benzene rings is 1. The predicted molar refractivity (Wildman–Crippen MR) is 78.8 cm³/mol. The molecular weight excluding hydrogens is 321 g/mol. The third kappa shape index (κ3) is 2.37. The van der Waals surface area contributed by atoms with Gasteiger partial charge in [-0.05, 0) is 19.1 Å². The second-order valence-electron chi connectivity index (χ2n) is 4.01. The molecule has 1 aromatic carbocycles. The molecule has 0 spiro atoms. The second kappa shape index (κ2) is 5.05. The first-order valence-electron chi connectivity index (χ1n) is 5.54. The summed E-state index contributed by atoms with van der Waals surface area (Å²) in [7, 11) is 0. The van der Waals surface area contributed by atoms with Crippen LogP contribution < -0.4 is 5.32 Å². The zero-order chi connectivity index (χ0) is 14.3. The van der Waals surface area contributed by atoms with Crippen molar-refractivity contribution in [2.24, 2.45) is 0 Å². The zero-order valence-corrected chi connectivity index (χ0v) is 12.4. The van der Waals surface area contributed by atoms with Gasteiger partial charge in [0.05, 0.1) is 20.4 Å². The number of thiazole rings is 1. The minimum atomic E-state index is -0.410. The van der Waals surface area contributed by atoms with Crippen molar-refractivity contribution >= 4 is 55.8 Å². The SMILES string of the molecule is Cc1cc(C(=O)Nc2nc3c(Cl)c(Cl)ccc3s2)on1. The smallest absolute Gasteiger partial charge is 0.296 e. The van der Waals surface area contributed by atoms with Gasteiger partial charge in [0.25, 0.3) is 5.91 Å². The molecule has 0 aliphatic rings. The summed E-state index contributed by atoms with van der Waals surface area (Å²) in [6.45, 7) is 1.74. The standard InChI is InChI=1S/C12H7Cl2N3O2S/c1-5-4-7(19-17-5)11(18)16-12-15-10-8(20-12)3-2-6(13)9(10)14/h2-4H,1H3,(H,15,16,18). The van der Waals surface area contributed by atoms with Gasteiger partial charge in [-0.2, -0.15) is 0 Å². The number of carbonyl (C=O) groups is 1. The molecule has 3 rings (SSSR count). The highest BCUT2D eigenvalue weighted by Gasteiger charge is 2.15. The van der Waals surface area contributed by atoms with Crippen molar-refractivity contribution in [3.8, 4) is 0 Å². The minimum absolute atomic E-state index is 0.130. The van der Waals surface area contributed by atoms with E-state index in [4.69, 9.17) is 27.7 Å². The Morgan fingerprint density at radius 1 is 1.40 bits per heavy atom. The maximum Gasteiger partial charge on any atom is 0.296 e. The van der Waals surface area contributed by atoms with Gasteiger partial charge in [-0.1, -0.05) is 39.7 Å². The Morgan fingerprint density at radius 3 is 2.90 bits per heavy atom. The molecule has 2 heterocycles. The Balaban J connectivity index is 1.92. The number of nitrogens with zero attached hydrogens (tertiary/aromatic N) is 2. The Labute approximate surface area is 127 Å². The van der Waals surface area contributed by atoms with Crippen molar-refractivity contribution in [1.29, 1.82) is 0 Å². The van der Waals surface area contributed by atoms with E-state index in [1.54, 1.807) is 25.1 Å². The van der Waals surface area contributed by atoms with Crippen LogP contribution >= 0.6 is 34.5 Å². The van der Waals surface area contributed by atoms with Gasteiger partial charge in [-0.25, -0.2) is 4.98 Å². The summed E-state index contributed by atoms with van der Waals surface area (Å²) in [6, 6.07) is 5.04. The van der Waals surface area contributed by atoms with E-state index in [1.807, 2.05) is 0 Å². The monoisotopic (exact) mass is 327 g/mol. The van der Waals surface area contributed by atoms with Crippen molar-refractivity contribution in [3.05, 3.63) is 39.7 Å². The maximum absolute atomic E-state index is 11.9. The van der Waals surface area contributed by atoms with E-state index < -0.39 is 5.91 Å². The molecule has 0 radical (unpaired) electrons. The van der Waals surface area contributed by atoms with Crippen LogP contribution in [0, 0.1) is 6.92 Å². The molecule has 102 valence electrons. The van der Waals surface area contributed by atoms with E-state index in [2.05, 4.69) is 15.5 Å². The van der Waals surface area contributed by atoms with Crippen LogP contribution in [-0.2, 0) is 0 Å². The number of fused-ring (bicyclic) bond motifs is 1. The number of rotatable bonds is 2. The first kappa shape index (κ1) is 13.4. The van der Waals surface area contributed by atoms with E-state index in [9.17, 15) is 4.79 Å². The van der Waals surface area contributed by atoms with Crippen molar-refractivity contribution in [1.82, 2.24) is 10.1 Å². The van der Waals surface area contributed by atoms with Gasteiger partial charge < -0.3 is 4.52 Å². The van der Waals surface area contributed by atoms with Crippen LogP contribution in [0.4, 0.5) is 5.13 Å². The van der Waals surface area contributed by atoms with Crippen LogP contribution in [0.3, 0.4) is 0 Å². The number of anilines is 1. The quantitative estimate of drug-likeness (QED) is 0.767. The molecule has 1 amide bonds. The largest absolute Gasteiger partial charge is 0.351 e. The average Bonchev–Trinajstić information content (AvgIpc) is 3.00. The highest BCUT2D eigenvalue weighted by atomic mass is 35.5. The average molecular weight is 328 g/mol. The van der Waals surface area contributed by atoms with Crippen LogP contribution in [0.5, 0.6) is 0 Å². The van der Waals surface area contributed by atoms with Crippen LogP contribution in [0.2, 0.25) is 10.0 Å². The second-order valence-corrected chi connectivity index (χ2v) is 5.83. The third-order valence-corrected chi connectivity index (χ3v) is 4.25. The summed E-state index contributed by atoms with van der Waals surface area (Å²) in [5.41, 5.74) is 1.20. The van der Waals surface area contributed by atoms with E-state index in [0.717, 1.165) is 4.70 Å². The molecule has 0 bridgehead atoms. The van der Waals surface area contributed by atoms with Crippen LogP contribution in [0.15, 0.2) is 22.7 Å². The van der Waals surface area contributed by atoms with E-state index >= 15 is 0 Å². The summed E-state index contributed by atoms with van der Waals surface area (Å²) >= 11 is 13.3. The normalized spacial score (nSPS) is 10.9. The lowest BCUT2D eigenvalue weighted by Gasteiger charge is -1.95. The first-order chi connectivity index (χ1) is 9.54. The van der Waals surface area contributed by atoms with Gasteiger partial charge in [0, 0.05) is 6.07 Å². The topological polar surface area (TPSA) is 68.0 Å². The van der Waals surface area contributed by atoms with Gasteiger partial charge in [0.15, 0.2) is 5.13 Å². The minimum Gasteiger partial charge on any atom is -0.351 e.